The second kappa shape index (κ2) is 9.09. The third-order valence-electron chi connectivity index (χ3n) is 3.91. The number of halogens is 1. The maximum atomic E-state index is 13.2. The molecule has 0 aliphatic heterocycles. The zero-order chi connectivity index (χ0) is 19.1. The van der Waals surface area contributed by atoms with E-state index in [1.54, 1.807) is 17.5 Å². The number of carbonyl (C=O) groups is 2. The highest BCUT2D eigenvalue weighted by Crippen LogP contribution is 2.21. The van der Waals surface area contributed by atoms with Gasteiger partial charge in [-0.1, -0.05) is 48.5 Å². The highest BCUT2D eigenvalue weighted by molar-refractivity contribution is 7.11. The third-order valence-corrected chi connectivity index (χ3v) is 4.76. The number of benzene rings is 2. The quantitative estimate of drug-likeness (QED) is 0.624. The molecule has 0 aliphatic rings. The lowest BCUT2D eigenvalue weighted by Gasteiger charge is -2.18. The molecule has 27 heavy (non-hydrogen) atoms. The Morgan fingerprint density at radius 3 is 2.41 bits per heavy atom. The normalized spacial score (nSPS) is 11.6. The molecule has 3 rings (SSSR count). The molecule has 1 N–H and O–H groups in total. The van der Waals surface area contributed by atoms with Crippen LogP contribution in [-0.2, 0) is 16.0 Å². The van der Waals surface area contributed by atoms with Crippen molar-refractivity contribution in [2.75, 3.05) is 6.54 Å². The van der Waals surface area contributed by atoms with E-state index in [2.05, 4.69) is 5.32 Å². The van der Waals surface area contributed by atoms with E-state index in [4.69, 9.17) is 4.74 Å². The van der Waals surface area contributed by atoms with Gasteiger partial charge < -0.3 is 10.1 Å². The van der Waals surface area contributed by atoms with Crippen molar-refractivity contribution in [3.05, 3.63) is 93.9 Å². The highest BCUT2D eigenvalue weighted by Gasteiger charge is 2.26. The van der Waals surface area contributed by atoms with Crippen LogP contribution in [-0.4, -0.2) is 18.4 Å². The fraction of sp³-hybridized carbons (Fsp3) is 0.143. The molecule has 3 aromatic rings. The fourth-order valence-electron chi connectivity index (χ4n) is 2.54. The number of thiophene rings is 1. The SMILES string of the molecule is O=C(OC(C(=O)NCCc1ccccc1)c1ccc(F)cc1)c1cccs1. The largest absolute Gasteiger partial charge is 0.443 e. The summed E-state index contributed by atoms with van der Waals surface area (Å²) in [6, 6.07) is 18.4. The van der Waals surface area contributed by atoms with Crippen molar-refractivity contribution in [3.63, 3.8) is 0 Å². The molecule has 6 heteroatoms. The molecule has 0 saturated carbocycles. The molecular formula is C21H18FNO3S. The molecule has 1 heterocycles. The predicted molar refractivity (Wildman–Crippen MR) is 102 cm³/mol. The van der Waals surface area contributed by atoms with Gasteiger partial charge in [-0.2, -0.15) is 0 Å². The van der Waals surface area contributed by atoms with Crippen molar-refractivity contribution < 1.29 is 18.7 Å². The Morgan fingerprint density at radius 2 is 1.74 bits per heavy atom. The molecule has 0 bridgehead atoms. The molecule has 2 aromatic carbocycles. The van der Waals surface area contributed by atoms with E-state index < -0.39 is 23.8 Å². The van der Waals surface area contributed by atoms with Crippen LogP contribution in [0, 0.1) is 5.82 Å². The van der Waals surface area contributed by atoms with Crippen LogP contribution >= 0.6 is 11.3 Å². The van der Waals surface area contributed by atoms with E-state index in [1.165, 1.54) is 35.6 Å². The molecule has 0 radical (unpaired) electrons. The van der Waals surface area contributed by atoms with E-state index in [9.17, 15) is 14.0 Å². The lowest BCUT2D eigenvalue weighted by atomic mass is 10.1. The van der Waals surface area contributed by atoms with Gasteiger partial charge in [-0.05, 0) is 35.6 Å². The number of esters is 1. The Morgan fingerprint density at radius 1 is 1.00 bits per heavy atom. The second-order valence-electron chi connectivity index (χ2n) is 5.84. The van der Waals surface area contributed by atoms with E-state index >= 15 is 0 Å². The Labute approximate surface area is 160 Å². The summed E-state index contributed by atoms with van der Waals surface area (Å²) < 4.78 is 18.6. The first kappa shape index (κ1) is 18.8. The van der Waals surface area contributed by atoms with Gasteiger partial charge in [0.1, 0.15) is 10.7 Å². The van der Waals surface area contributed by atoms with Gasteiger partial charge in [0.05, 0.1) is 0 Å². The molecule has 1 unspecified atom stereocenters. The first-order valence-electron chi connectivity index (χ1n) is 8.45. The number of hydrogen-bond acceptors (Lipinski definition) is 4. The Kier molecular flexibility index (Phi) is 6.33. The van der Waals surface area contributed by atoms with Crippen molar-refractivity contribution in [2.24, 2.45) is 0 Å². The van der Waals surface area contributed by atoms with Gasteiger partial charge in [-0.3, -0.25) is 4.79 Å². The monoisotopic (exact) mass is 383 g/mol. The van der Waals surface area contributed by atoms with Crippen LogP contribution < -0.4 is 5.32 Å². The number of nitrogens with one attached hydrogen (secondary N) is 1. The molecule has 0 spiro atoms. The smallest absolute Gasteiger partial charge is 0.349 e. The summed E-state index contributed by atoms with van der Waals surface area (Å²) in [5, 5.41) is 4.54. The summed E-state index contributed by atoms with van der Waals surface area (Å²) >= 11 is 1.23. The lowest BCUT2D eigenvalue weighted by molar-refractivity contribution is -0.130. The predicted octanol–water partition coefficient (Wildman–Crippen LogP) is 4.14. The van der Waals surface area contributed by atoms with Crippen LogP contribution in [0.3, 0.4) is 0 Å². The summed E-state index contributed by atoms with van der Waals surface area (Å²) in [6.45, 7) is 0.400. The zero-order valence-electron chi connectivity index (χ0n) is 14.4. The Hall–Kier alpha value is -2.99. The second-order valence-corrected chi connectivity index (χ2v) is 6.79. The third kappa shape index (κ3) is 5.24. The molecule has 4 nitrogen and oxygen atoms in total. The minimum atomic E-state index is -1.14. The summed E-state index contributed by atoms with van der Waals surface area (Å²) in [5.74, 6) is -1.45. The molecule has 0 fully saturated rings. The standard InChI is InChI=1S/C21H18FNO3S/c22-17-10-8-16(9-11-17)19(26-21(25)18-7-4-14-27-18)20(24)23-13-12-15-5-2-1-3-6-15/h1-11,14,19H,12-13H2,(H,23,24). The lowest BCUT2D eigenvalue weighted by Crippen LogP contribution is -2.33. The maximum Gasteiger partial charge on any atom is 0.349 e. The molecular weight excluding hydrogens is 365 g/mol. The molecule has 1 amide bonds. The van der Waals surface area contributed by atoms with Crippen molar-refractivity contribution in [1.29, 1.82) is 0 Å². The van der Waals surface area contributed by atoms with Gasteiger partial charge in [0.2, 0.25) is 6.10 Å². The molecule has 1 aromatic heterocycles. The Balaban J connectivity index is 1.69. The van der Waals surface area contributed by atoms with Crippen LogP contribution in [0.25, 0.3) is 0 Å². The highest BCUT2D eigenvalue weighted by atomic mass is 32.1. The summed E-state index contributed by atoms with van der Waals surface area (Å²) in [5.41, 5.74) is 1.50. The average molecular weight is 383 g/mol. The summed E-state index contributed by atoms with van der Waals surface area (Å²) in [7, 11) is 0. The van der Waals surface area contributed by atoms with Crippen LogP contribution in [0.4, 0.5) is 4.39 Å². The minimum absolute atomic E-state index is 0.400. The van der Waals surface area contributed by atoms with Crippen LogP contribution in [0.2, 0.25) is 0 Å². The Bertz CT molecular complexity index is 880. The van der Waals surface area contributed by atoms with Gasteiger partial charge in [0.25, 0.3) is 5.91 Å². The van der Waals surface area contributed by atoms with E-state index in [-0.39, 0.29) is 0 Å². The van der Waals surface area contributed by atoms with Crippen molar-refractivity contribution in [1.82, 2.24) is 5.32 Å². The van der Waals surface area contributed by atoms with Crippen molar-refractivity contribution in [2.45, 2.75) is 12.5 Å². The van der Waals surface area contributed by atoms with Gasteiger partial charge >= 0.3 is 5.97 Å². The van der Waals surface area contributed by atoms with Crippen molar-refractivity contribution >= 4 is 23.2 Å². The van der Waals surface area contributed by atoms with Crippen molar-refractivity contribution in [3.8, 4) is 0 Å². The zero-order valence-corrected chi connectivity index (χ0v) is 15.2. The number of rotatable bonds is 7. The van der Waals surface area contributed by atoms with Gasteiger partial charge in [0.15, 0.2) is 0 Å². The van der Waals surface area contributed by atoms with Crippen LogP contribution in [0.5, 0.6) is 0 Å². The topological polar surface area (TPSA) is 55.4 Å². The summed E-state index contributed by atoms with van der Waals surface area (Å²) in [6.07, 6.45) is -0.488. The van der Waals surface area contributed by atoms with Crippen LogP contribution in [0.1, 0.15) is 26.9 Å². The van der Waals surface area contributed by atoms with E-state index in [0.29, 0.717) is 23.4 Å². The minimum Gasteiger partial charge on any atom is -0.443 e. The van der Waals surface area contributed by atoms with E-state index in [0.717, 1.165) is 5.56 Å². The molecule has 0 aliphatic carbocycles. The number of hydrogen-bond donors (Lipinski definition) is 1. The molecule has 138 valence electrons. The molecule has 1 atom stereocenters. The first-order valence-corrected chi connectivity index (χ1v) is 9.33. The van der Waals surface area contributed by atoms with Gasteiger partial charge in [0, 0.05) is 12.1 Å². The fourth-order valence-corrected chi connectivity index (χ4v) is 3.14. The van der Waals surface area contributed by atoms with E-state index in [1.807, 2.05) is 30.3 Å². The summed E-state index contributed by atoms with van der Waals surface area (Å²) in [4.78, 5) is 25.3. The number of carbonyl (C=O) groups excluding carboxylic acids is 2. The maximum absolute atomic E-state index is 13.2. The number of amides is 1. The average Bonchev–Trinajstić information content (AvgIpc) is 3.22. The van der Waals surface area contributed by atoms with Gasteiger partial charge in [-0.15, -0.1) is 11.3 Å². The first-order chi connectivity index (χ1) is 13.1. The van der Waals surface area contributed by atoms with Gasteiger partial charge in [-0.25, -0.2) is 9.18 Å². The van der Waals surface area contributed by atoms with Crippen LogP contribution in [0.15, 0.2) is 72.1 Å². The number of ether oxygens (including phenoxy) is 1. The molecule has 0 saturated heterocycles.